The number of hydrogen-bond donors (Lipinski definition) is 3. The van der Waals surface area contributed by atoms with Gasteiger partial charge in [-0.1, -0.05) is 32.1 Å². The molecule has 4 atom stereocenters. The van der Waals surface area contributed by atoms with Gasteiger partial charge in [-0.15, -0.1) is 0 Å². The van der Waals surface area contributed by atoms with Crippen molar-refractivity contribution in [1.29, 1.82) is 0 Å². The first kappa shape index (κ1) is 20.0. The summed E-state index contributed by atoms with van der Waals surface area (Å²) >= 11 is 0. The first-order valence-corrected chi connectivity index (χ1v) is 11.7. The molecule has 3 N–H and O–H groups in total. The molecule has 0 unspecified atom stereocenters. The van der Waals surface area contributed by atoms with Crippen molar-refractivity contribution in [2.45, 2.75) is 94.0 Å². The lowest BCUT2D eigenvalue weighted by Gasteiger charge is -2.24. The zero-order valence-corrected chi connectivity index (χ0v) is 17.5. The summed E-state index contributed by atoms with van der Waals surface area (Å²) in [5, 5.41) is 9.60. The number of anilines is 1. The molecule has 1 aromatic heterocycles. The van der Waals surface area contributed by atoms with Crippen molar-refractivity contribution < 1.29 is 14.3 Å². The summed E-state index contributed by atoms with van der Waals surface area (Å²) in [5.41, 5.74) is 1.13. The minimum absolute atomic E-state index is 0.0120. The highest BCUT2D eigenvalue weighted by Gasteiger charge is 2.48. The van der Waals surface area contributed by atoms with Gasteiger partial charge in [-0.2, -0.15) is 0 Å². The number of fused-ring (bicyclic) bond motifs is 1. The van der Waals surface area contributed by atoms with Crippen molar-refractivity contribution in [3.63, 3.8) is 0 Å². The molecule has 1 aromatic rings. The van der Waals surface area contributed by atoms with Gasteiger partial charge < -0.3 is 25.4 Å². The van der Waals surface area contributed by atoms with Gasteiger partial charge in [-0.25, -0.2) is 14.8 Å². The van der Waals surface area contributed by atoms with E-state index in [1.165, 1.54) is 44.9 Å². The smallest absolute Gasteiger partial charge is 0.315 e. The lowest BCUT2D eigenvalue weighted by molar-refractivity contribution is 0.0681. The second-order valence-electron chi connectivity index (χ2n) is 9.19. The number of hydrogen-bond acceptors (Lipinski definition) is 6. The van der Waals surface area contributed by atoms with Crippen LogP contribution in [0.5, 0.6) is 0 Å². The molecular weight excluding hydrogens is 382 g/mol. The minimum atomic E-state index is -0.141. The highest BCUT2D eigenvalue weighted by molar-refractivity contribution is 5.74. The Hall–Kier alpha value is -1.93. The molecule has 0 aromatic carbocycles. The fourth-order valence-corrected chi connectivity index (χ4v) is 5.45. The van der Waals surface area contributed by atoms with Crippen molar-refractivity contribution in [2.75, 3.05) is 18.5 Å². The molecule has 2 saturated carbocycles. The van der Waals surface area contributed by atoms with Crippen LogP contribution in [0.1, 0.15) is 69.4 Å². The number of aromatic nitrogens is 2. The van der Waals surface area contributed by atoms with Crippen LogP contribution in [0, 0.1) is 0 Å². The topological polar surface area (TPSA) is 97.4 Å². The Morgan fingerprint density at radius 3 is 2.40 bits per heavy atom. The molecule has 5 rings (SSSR count). The number of nitrogens with zero attached hydrogens (tertiary/aromatic N) is 2. The van der Waals surface area contributed by atoms with Crippen molar-refractivity contribution in [2.24, 2.45) is 0 Å². The maximum absolute atomic E-state index is 12.4. The van der Waals surface area contributed by atoms with Crippen LogP contribution in [0.25, 0.3) is 0 Å². The fraction of sp³-hybridized carbons (Fsp3) is 0.773. The molecule has 8 heteroatoms. The number of nitrogens with one attached hydrogen (secondary N) is 3. The van der Waals surface area contributed by atoms with Gasteiger partial charge >= 0.3 is 6.03 Å². The van der Waals surface area contributed by atoms with Crippen molar-refractivity contribution in [1.82, 2.24) is 20.6 Å². The molecular formula is C22H33N5O3. The maximum atomic E-state index is 12.4. The molecule has 164 valence electrons. The number of carbonyl (C=O) groups is 1. The van der Waals surface area contributed by atoms with Crippen LogP contribution in [0.3, 0.4) is 0 Å². The summed E-state index contributed by atoms with van der Waals surface area (Å²) in [6.07, 6.45) is 12.4. The average Bonchev–Trinajstić information content (AvgIpc) is 3.50. The van der Waals surface area contributed by atoms with Crippen molar-refractivity contribution >= 4 is 12.0 Å². The number of rotatable bonds is 5. The van der Waals surface area contributed by atoms with E-state index in [1.807, 2.05) is 12.3 Å². The molecule has 2 aliphatic heterocycles. The Morgan fingerprint density at radius 2 is 1.60 bits per heavy atom. The number of urea groups is 1. The summed E-state index contributed by atoms with van der Waals surface area (Å²) in [4.78, 5) is 21.6. The standard InChI is InChI=1S/C22H33N5O3/c28-22(24-15-8-2-1-3-9-15)27-18-13-30-19-17(12-29-20(18)19)26-21-23-11-10-16(25-21)14-6-4-5-7-14/h10-11,14-15,17-20H,1-9,12-13H2,(H,23,25,26)(H2,24,27,28)/t17-,18-,19+,20+/m0/s1. The monoisotopic (exact) mass is 415 g/mol. The normalized spacial score (nSPS) is 32.1. The van der Waals surface area contributed by atoms with Crippen LogP contribution >= 0.6 is 0 Å². The van der Waals surface area contributed by atoms with E-state index in [9.17, 15) is 4.79 Å². The molecule has 2 saturated heterocycles. The second-order valence-corrected chi connectivity index (χ2v) is 9.19. The molecule has 30 heavy (non-hydrogen) atoms. The molecule has 4 fully saturated rings. The minimum Gasteiger partial charge on any atom is -0.371 e. The second kappa shape index (κ2) is 9.06. The SMILES string of the molecule is O=C(NC1CCCCC1)N[C@H]1CO[C@H]2[C@@H]1OC[C@@H]2Nc1nccc(C2CCCC2)n1. The summed E-state index contributed by atoms with van der Waals surface area (Å²) in [6.45, 7) is 0.989. The number of carbonyl (C=O) groups excluding carboxylic acids is 1. The molecule has 2 aliphatic carbocycles. The van der Waals surface area contributed by atoms with Gasteiger partial charge in [0.2, 0.25) is 5.95 Å². The van der Waals surface area contributed by atoms with Crippen LogP contribution in [-0.2, 0) is 9.47 Å². The quantitative estimate of drug-likeness (QED) is 0.684. The number of ether oxygens (including phenoxy) is 2. The van der Waals surface area contributed by atoms with E-state index < -0.39 is 0 Å². The van der Waals surface area contributed by atoms with E-state index in [0.717, 1.165) is 18.5 Å². The summed E-state index contributed by atoms with van der Waals surface area (Å²) in [7, 11) is 0. The van der Waals surface area contributed by atoms with E-state index in [-0.39, 0.29) is 30.3 Å². The van der Waals surface area contributed by atoms with Gasteiger partial charge in [-0.05, 0) is 31.7 Å². The Kier molecular flexibility index (Phi) is 6.04. The molecule has 4 aliphatic rings. The number of amides is 2. The van der Waals surface area contributed by atoms with E-state index >= 15 is 0 Å². The molecule has 0 radical (unpaired) electrons. The first-order chi connectivity index (χ1) is 14.8. The third kappa shape index (κ3) is 4.39. The first-order valence-electron chi connectivity index (χ1n) is 11.7. The average molecular weight is 416 g/mol. The van der Waals surface area contributed by atoms with Gasteiger partial charge in [-0.3, -0.25) is 0 Å². The Morgan fingerprint density at radius 1 is 0.900 bits per heavy atom. The van der Waals surface area contributed by atoms with Crippen molar-refractivity contribution in [3.8, 4) is 0 Å². The van der Waals surface area contributed by atoms with Gasteiger partial charge in [0.25, 0.3) is 0 Å². The highest BCUT2D eigenvalue weighted by atomic mass is 16.6. The Bertz CT molecular complexity index is 735. The van der Waals surface area contributed by atoms with Crippen LogP contribution in [-0.4, -0.2) is 59.5 Å². The maximum Gasteiger partial charge on any atom is 0.315 e. The Balaban J connectivity index is 1.15. The highest BCUT2D eigenvalue weighted by Crippen LogP contribution is 2.33. The lowest BCUT2D eigenvalue weighted by Crippen LogP contribution is -2.51. The lowest BCUT2D eigenvalue weighted by atomic mass is 9.96. The van der Waals surface area contributed by atoms with Crippen molar-refractivity contribution in [3.05, 3.63) is 18.0 Å². The molecule has 0 bridgehead atoms. The summed E-state index contributed by atoms with van der Waals surface area (Å²) in [5.74, 6) is 1.20. The fourth-order valence-electron chi connectivity index (χ4n) is 5.45. The predicted molar refractivity (Wildman–Crippen MR) is 112 cm³/mol. The van der Waals surface area contributed by atoms with E-state index in [4.69, 9.17) is 14.5 Å². The van der Waals surface area contributed by atoms with Gasteiger partial charge in [0, 0.05) is 23.9 Å². The van der Waals surface area contributed by atoms with E-state index in [2.05, 4.69) is 20.9 Å². The molecule has 3 heterocycles. The van der Waals surface area contributed by atoms with Crippen LogP contribution in [0.4, 0.5) is 10.7 Å². The zero-order valence-electron chi connectivity index (χ0n) is 17.5. The van der Waals surface area contributed by atoms with Gasteiger partial charge in [0.1, 0.15) is 12.2 Å². The zero-order chi connectivity index (χ0) is 20.3. The summed E-state index contributed by atoms with van der Waals surface area (Å²) < 4.78 is 12.0. The van der Waals surface area contributed by atoms with Crippen LogP contribution in [0.2, 0.25) is 0 Å². The van der Waals surface area contributed by atoms with E-state index in [1.54, 1.807) is 0 Å². The van der Waals surface area contributed by atoms with Crippen LogP contribution < -0.4 is 16.0 Å². The van der Waals surface area contributed by atoms with Gasteiger partial charge in [0.05, 0.1) is 25.3 Å². The molecule has 8 nitrogen and oxygen atoms in total. The Labute approximate surface area is 177 Å². The molecule has 0 spiro atoms. The third-order valence-electron chi connectivity index (χ3n) is 7.08. The molecule has 2 amide bonds. The summed E-state index contributed by atoms with van der Waals surface area (Å²) in [6, 6.07) is 2.08. The van der Waals surface area contributed by atoms with Gasteiger partial charge in [0.15, 0.2) is 0 Å². The largest absolute Gasteiger partial charge is 0.371 e. The van der Waals surface area contributed by atoms with E-state index in [0.29, 0.717) is 31.1 Å². The third-order valence-corrected chi connectivity index (χ3v) is 7.08. The van der Waals surface area contributed by atoms with Crippen LogP contribution in [0.15, 0.2) is 12.3 Å². The predicted octanol–water partition coefficient (Wildman–Crippen LogP) is 2.71.